The third kappa shape index (κ3) is 5.32. The van der Waals surface area contributed by atoms with Gasteiger partial charge in [-0.25, -0.2) is 14.8 Å². The molecule has 0 N–H and O–H groups in total. The van der Waals surface area contributed by atoms with Crippen LogP contribution < -0.4 is 4.74 Å². The Morgan fingerprint density at radius 3 is 2.50 bits per heavy atom. The van der Waals surface area contributed by atoms with E-state index in [0.29, 0.717) is 5.75 Å². The molecule has 156 valence electrons. The summed E-state index contributed by atoms with van der Waals surface area (Å²) in [6.45, 7) is 10.8. The van der Waals surface area contributed by atoms with Gasteiger partial charge in [0.25, 0.3) is 0 Å². The van der Waals surface area contributed by atoms with Gasteiger partial charge in [-0.15, -0.1) is 0 Å². The molecule has 4 heteroatoms. The van der Waals surface area contributed by atoms with Gasteiger partial charge in [0.15, 0.2) is 0 Å². The molecular formula is C26H30N2O2. The Labute approximate surface area is 179 Å². The molecule has 1 aromatic heterocycles. The highest BCUT2D eigenvalue weighted by Gasteiger charge is 2.26. The van der Waals surface area contributed by atoms with Crippen molar-refractivity contribution in [3.8, 4) is 5.75 Å². The molecule has 0 saturated carbocycles. The average molecular weight is 403 g/mol. The van der Waals surface area contributed by atoms with Crippen LogP contribution in [-0.4, -0.2) is 15.9 Å². The molecule has 1 aromatic carbocycles. The highest BCUT2D eigenvalue weighted by molar-refractivity contribution is 5.87. The van der Waals surface area contributed by atoms with Crippen molar-refractivity contribution in [2.45, 2.75) is 53.9 Å². The maximum atomic E-state index is 12.3. The van der Waals surface area contributed by atoms with Gasteiger partial charge in [0, 0.05) is 18.0 Å². The van der Waals surface area contributed by atoms with Gasteiger partial charge in [0.05, 0.1) is 0 Å². The summed E-state index contributed by atoms with van der Waals surface area (Å²) < 4.78 is 5.39. The van der Waals surface area contributed by atoms with E-state index >= 15 is 0 Å². The maximum Gasteiger partial charge on any atom is 0.381 e. The van der Waals surface area contributed by atoms with E-state index in [2.05, 4.69) is 49.8 Å². The maximum absolute atomic E-state index is 12.3. The quantitative estimate of drug-likeness (QED) is 0.326. The molecular weight excluding hydrogens is 372 g/mol. The van der Waals surface area contributed by atoms with Crippen LogP contribution in [0.1, 0.15) is 68.7 Å². The zero-order valence-corrected chi connectivity index (χ0v) is 18.5. The minimum absolute atomic E-state index is 0.0494. The SMILES string of the molecule is CC(C=CC1=C(C)CCCC1(C)C)=Cc1cnc(C(=O)Oc2ccccc2C)nc1. The average Bonchev–Trinajstić information content (AvgIpc) is 2.69. The Morgan fingerprint density at radius 2 is 1.83 bits per heavy atom. The summed E-state index contributed by atoms with van der Waals surface area (Å²) in [6, 6.07) is 7.37. The summed E-state index contributed by atoms with van der Waals surface area (Å²) in [5.74, 6) is 0.0120. The predicted octanol–water partition coefficient (Wildman–Crippen LogP) is 6.49. The van der Waals surface area contributed by atoms with E-state index in [-0.39, 0.29) is 11.2 Å². The first-order valence-electron chi connectivity index (χ1n) is 10.4. The molecule has 0 spiro atoms. The van der Waals surface area contributed by atoms with Crippen LogP contribution in [0, 0.1) is 12.3 Å². The zero-order valence-electron chi connectivity index (χ0n) is 18.5. The zero-order chi connectivity index (χ0) is 21.7. The van der Waals surface area contributed by atoms with Gasteiger partial charge in [-0.05, 0) is 68.7 Å². The van der Waals surface area contributed by atoms with E-state index in [0.717, 1.165) is 16.7 Å². The van der Waals surface area contributed by atoms with Crippen molar-refractivity contribution in [3.63, 3.8) is 0 Å². The third-order valence-electron chi connectivity index (χ3n) is 5.60. The number of benzene rings is 1. The molecule has 1 heterocycles. The second kappa shape index (κ2) is 9.21. The van der Waals surface area contributed by atoms with Crippen molar-refractivity contribution >= 4 is 12.0 Å². The van der Waals surface area contributed by atoms with Gasteiger partial charge in [-0.2, -0.15) is 0 Å². The lowest BCUT2D eigenvalue weighted by molar-refractivity contribution is 0.0720. The highest BCUT2D eigenvalue weighted by Crippen LogP contribution is 2.40. The van der Waals surface area contributed by atoms with Crippen molar-refractivity contribution in [1.29, 1.82) is 0 Å². The van der Waals surface area contributed by atoms with Crippen molar-refractivity contribution in [1.82, 2.24) is 9.97 Å². The molecule has 0 aliphatic heterocycles. The smallest absolute Gasteiger partial charge is 0.381 e. The Bertz CT molecular complexity index is 1010. The first-order chi connectivity index (χ1) is 14.3. The second-order valence-electron chi connectivity index (χ2n) is 8.65. The van der Waals surface area contributed by atoms with E-state index in [1.54, 1.807) is 18.5 Å². The Morgan fingerprint density at radius 1 is 1.13 bits per heavy atom. The van der Waals surface area contributed by atoms with Gasteiger partial charge in [-0.3, -0.25) is 0 Å². The number of rotatable bonds is 5. The van der Waals surface area contributed by atoms with E-state index in [1.807, 2.05) is 31.2 Å². The van der Waals surface area contributed by atoms with Gasteiger partial charge in [0.2, 0.25) is 5.82 Å². The van der Waals surface area contributed by atoms with Crippen molar-refractivity contribution < 1.29 is 9.53 Å². The topological polar surface area (TPSA) is 52.1 Å². The van der Waals surface area contributed by atoms with Crippen LogP contribution in [0.2, 0.25) is 0 Å². The fraction of sp³-hybridized carbons (Fsp3) is 0.346. The van der Waals surface area contributed by atoms with E-state index in [9.17, 15) is 4.79 Å². The fourth-order valence-electron chi connectivity index (χ4n) is 3.87. The summed E-state index contributed by atoms with van der Waals surface area (Å²) in [7, 11) is 0. The lowest BCUT2D eigenvalue weighted by Gasteiger charge is -2.32. The molecule has 30 heavy (non-hydrogen) atoms. The van der Waals surface area contributed by atoms with Crippen LogP contribution in [0.15, 0.2) is 65.5 Å². The first-order valence-corrected chi connectivity index (χ1v) is 10.4. The van der Waals surface area contributed by atoms with Crippen LogP contribution in [0.4, 0.5) is 0 Å². The number of nitrogens with zero attached hydrogens (tertiary/aromatic N) is 2. The molecule has 2 aromatic rings. The number of aryl methyl sites for hydroxylation is 1. The normalized spacial score (nSPS) is 16.8. The molecule has 4 nitrogen and oxygen atoms in total. The van der Waals surface area contributed by atoms with Crippen LogP contribution in [0.5, 0.6) is 5.75 Å². The number of para-hydroxylation sites is 1. The Balaban J connectivity index is 1.69. The first kappa shape index (κ1) is 21.7. The third-order valence-corrected chi connectivity index (χ3v) is 5.60. The standard InChI is InChI=1S/C26H30N2O2/c1-18(12-13-22-19(2)10-8-14-26(22,4)5)15-21-16-27-24(28-17-21)25(29)30-23-11-7-6-9-20(23)3/h6-7,9,11-13,15-17H,8,10,14H2,1-5H3. The number of carbonyl (C=O) groups excluding carboxylic acids is 1. The van der Waals surface area contributed by atoms with Crippen LogP contribution in [0.25, 0.3) is 6.08 Å². The monoisotopic (exact) mass is 402 g/mol. The van der Waals surface area contributed by atoms with Crippen LogP contribution in [-0.2, 0) is 0 Å². The molecule has 0 radical (unpaired) electrons. The number of hydrogen-bond donors (Lipinski definition) is 0. The summed E-state index contributed by atoms with van der Waals surface area (Å²) >= 11 is 0. The number of aromatic nitrogens is 2. The molecule has 0 fully saturated rings. The van der Waals surface area contributed by atoms with Crippen molar-refractivity contribution in [3.05, 3.63) is 82.5 Å². The molecule has 1 aliphatic rings. The molecule has 0 amide bonds. The second-order valence-corrected chi connectivity index (χ2v) is 8.65. The minimum atomic E-state index is -0.557. The van der Waals surface area contributed by atoms with Crippen LogP contribution >= 0.6 is 0 Å². The Kier molecular flexibility index (Phi) is 6.66. The van der Waals surface area contributed by atoms with Crippen LogP contribution in [0.3, 0.4) is 0 Å². The Hall–Kier alpha value is -3.01. The van der Waals surface area contributed by atoms with E-state index in [1.165, 1.54) is 30.4 Å². The van der Waals surface area contributed by atoms with Gasteiger partial charge >= 0.3 is 5.97 Å². The highest BCUT2D eigenvalue weighted by atomic mass is 16.5. The molecule has 0 bridgehead atoms. The van der Waals surface area contributed by atoms with Gasteiger partial charge in [-0.1, -0.05) is 55.3 Å². The summed E-state index contributed by atoms with van der Waals surface area (Å²) in [4.78, 5) is 20.6. The number of carbonyl (C=O) groups is 1. The molecule has 0 atom stereocenters. The molecule has 0 saturated heterocycles. The van der Waals surface area contributed by atoms with Gasteiger partial charge in [0.1, 0.15) is 5.75 Å². The number of allylic oxidation sites excluding steroid dienone is 5. The summed E-state index contributed by atoms with van der Waals surface area (Å²) in [5.41, 5.74) is 5.98. The molecule has 1 aliphatic carbocycles. The lowest BCUT2D eigenvalue weighted by atomic mass is 9.72. The summed E-state index contributed by atoms with van der Waals surface area (Å²) in [6.07, 6.45) is 13.4. The minimum Gasteiger partial charge on any atom is -0.420 e. The lowest BCUT2D eigenvalue weighted by Crippen LogP contribution is -2.19. The van der Waals surface area contributed by atoms with Gasteiger partial charge < -0.3 is 4.74 Å². The van der Waals surface area contributed by atoms with E-state index < -0.39 is 5.97 Å². The number of hydrogen-bond acceptors (Lipinski definition) is 4. The van der Waals surface area contributed by atoms with E-state index in [4.69, 9.17) is 4.74 Å². The largest absolute Gasteiger partial charge is 0.420 e. The van der Waals surface area contributed by atoms with Crippen molar-refractivity contribution in [2.75, 3.05) is 0 Å². The summed E-state index contributed by atoms with van der Waals surface area (Å²) in [5, 5.41) is 0. The fourth-order valence-corrected chi connectivity index (χ4v) is 3.87. The number of esters is 1. The molecule has 0 unspecified atom stereocenters. The number of ether oxygens (including phenoxy) is 1. The molecule has 3 rings (SSSR count). The predicted molar refractivity (Wildman–Crippen MR) is 121 cm³/mol. The van der Waals surface area contributed by atoms with Crippen molar-refractivity contribution in [2.24, 2.45) is 5.41 Å².